The van der Waals surface area contributed by atoms with E-state index in [0.29, 0.717) is 23.6 Å². The van der Waals surface area contributed by atoms with Gasteiger partial charge < -0.3 is 24.4 Å². The Kier molecular flexibility index (Phi) is 7.25. The Morgan fingerprint density at radius 2 is 1.89 bits per heavy atom. The Balaban J connectivity index is 1.39. The zero-order valence-corrected chi connectivity index (χ0v) is 20.5. The quantitative estimate of drug-likeness (QED) is 0.507. The molecule has 1 amide bonds. The molecule has 7 nitrogen and oxygen atoms in total. The van der Waals surface area contributed by atoms with Gasteiger partial charge in [0.1, 0.15) is 24.2 Å². The normalized spacial score (nSPS) is 14.5. The van der Waals surface area contributed by atoms with Crippen molar-refractivity contribution in [2.24, 2.45) is 0 Å². The highest BCUT2D eigenvalue weighted by Crippen LogP contribution is 2.32. The van der Waals surface area contributed by atoms with Gasteiger partial charge in [-0.25, -0.2) is 0 Å². The summed E-state index contributed by atoms with van der Waals surface area (Å²) in [7, 11) is 3.40. The van der Waals surface area contributed by atoms with Gasteiger partial charge in [-0.3, -0.25) is 9.59 Å². The first kappa shape index (κ1) is 24.1. The maximum atomic E-state index is 13.0. The van der Waals surface area contributed by atoms with Crippen molar-refractivity contribution in [1.29, 1.82) is 0 Å². The summed E-state index contributed by atoms with van der Waals surface area (Å²) in [5.74, 6) is 0.989. The van der Waals surface area contributed by atoms with Crippen molar-refractivity contribution in [3.05, 3.63) is 82.9 Å². The first-order chi connectivity index (χ1) is 16.9. The van der Waals surface area contributed by atoms with Crippen molar-refractivity contribution in [3.8, 4) is 11.5 Å². The number of nitrogens with zero attached hydrogens (tertiary/aromatic N) is 1. The lowest BCUT2D eigenvalue weighted by Gasteiger charge is -2.33. The van der Waals surface area contributed by atoms with Crippen molar-refractivity contribution in [1.82, 2.24) is 0 Å². The second-order valence-corrected chi connectivity index (χ2v) is 8.67. The molecule has 1 atom stereocenters. The van der Waals surface area contributed by atoms with Gasteiger partial charge in [0.05, 0.1) is 25.8 Å². The van der Waals surface area contributed by atoms with Crippen LogP contribution in [0.15, 0.2) is 60.7 Å². The number of amides is 1. The van der Waals surface area contributed by atoms with Gasteiger partial charge in [-0.2, -0.15) is 0 Å². The molecule has 0 aliphatic carbocycles. The summed E-state index contributed by atoms with van der Waals surface area (Å²) < 4.78 is 16.8. The van der Waals surface area contributed by atoms with E-state index in [1.54, 1.807) is 12.1 Å². The van der Waals surface area contributed by atoms with E-state index in [1.807, 2.05) is 69.4 Å². The van der Waals surface area contributed by atoms with Gasteiger partial charge in [0.25, 0.3) is 5.91 Å². The van der Waals surface area contributed by atoms with Crippen molar-refractivity contribution >= 4 is 23.3 Å². The molecular formula is C28H30N2O5. The van der Waals surface area contributed by atoms with Crippen LogP contribution in [0, 0.1) is 13.8 Å². The number of ether oxygens (including phenoxy) is 3. The van der Waals surface area contributed by atoms with Gasteiger partial charge in [0.15, 0.2) is 0 Å². The van der Waals surface area contributed by atoms with Crippen LogP contribution in [0.25, 0.3) is 0 Å². The van der Waals surface area contributed by atoms with Crippen molar-refractivity contribution < 1.29 is 23.8 Å². The number of esters is 1. The monoisotopic (exact) mass is 474 g/mol. The van der Waals surface area contributed by atoms with E-state index in [-0.39, 0.29) is 24.4 Å². The smallest absolute Gasteiger partial charge is 0.309 e. The predicted molar refractivity (Wildman–Crippen MR) is 136 cm³/mol. The van der Waals surface area contributed by atoms with Crippen molar-refractivity contribution in [3.63, 3.8) is 0 Å². The van der Waals surface area contributed by atoms with Crippen LogP contribution in [0.1, 0.15) is 27.0 Å². The molecular weight excluding hydrogens is 444 g/mol. The number of benzene rings is 3. The third-order valence-electron chi connectivity index (χ3n) is 6.18. The fourth-order valence-electron chi connectivity index (χ4n) is 4.18. The number of aryl methyl sites for hydroxylation is 1. The Hall–Kier alpha value is -4.00. The molecule has 3 aromatic rings. The summed E-state index contributed by atoms with van der Waals surface area (Å²) in [6.45, 7) is 4.88. The van der Waals surface area contributed by atoms with Crippen LogP contribution < -0.4 is 19.7 Å². The van der Waals surface area contributed by atoms with Crippen LogP contribution >= 0.6 is 0 Å². The molecule has 0 unspecified atom stereocenters. The van der Waals surface area contributed by atoms with E-state index in [9.17, 15) is 9.59 Å². The molecule has 0 bridgehead atoms. The highest BCUT2D eigenvalue weighted by Gasteiger charge is 2.23. The number of methoxy groups -OCH3 is 1. The molecule has 4 rings (SSSR count). The maximum Gasteiger partial charge on any atom is 0.309 e. The highest BCUT2D eigenvalue weighted by atomic mass is 16.5. The zero-order chi connectivity index (χ0) is 24.9. The Morgan fingerprint density at radius 3 is 2.66 bits per heavy atom. The molecule has 0 spiro atoms. The number of nitrogens with one attached hydrogen (secondary N) is 1. The second kappa shape index (κ2) is 10.5. The Morgan fingerprint density at radius 1 is 1.09 bits per heavy atom. The highest BCUT2D eigenvalue weighted by molar-refractivity contribution is 6.05. The first-order valence-corrected chi connectivity index (χ1v) is 11.5. The van der Waals surface area contributed by atoms with Crippen molar-refractivity contribution in [2.45, 2.75) is 26.4 Å². The summed E-state index contributed by atoms with van der Waals surface area (Å²) in [5.41, 5.74) is 4.74. The van der Waals surface area contributed by atoms with Gasteiger partial charge in [0.2, 0.25) is 0 Å². The van der Waals surface area contributed by atoms with E-state index in [0.717, 1.165) is 34.7 Å². The van der Waals surface area contributed by atoms with E-state index in [4.69, 9.17) is 14.2 Å². The zero-order valence-electron chi connectivity index (χ0n) is 20.5. The Bertz CT molecular complexity index is 1240. The molecule has 1 aliphatic heterocycles. The number of carbonyl (C=O) groups is 2. The molecule has 3 aromatic carbocycles. The number of hydrogen-bond donors (Lipinski definition) is 1. The number of para-hydroxylation sites is 2. The number of hydrogen-bond acceptors (Lipinski definition) is 6. The molecule has 1 aliphatic rings. The SMILES string of the molecule is COC(=O)Cc1cccc(NC(=O)c2ccc(OC[C@@H]3CN(C)c4ccccc4O3)cc2C)c1C. The molecule has 0 radical (unpaired) electrons. The van der Waals surface area contributed by atoms with Crippen molar-refractivity contribution in [2.75, 3.05) is 37.5 Å². The lowest BCUT2D eigenvalue weighted by molar-refractivity contribution is -0.139. The molecule has 0 fully saturated rings. The van der Waals surface area contributed by atoms with Gasteiger partial charge in [-0.05, 0) is 66.9 Å². The third kappa shape index (κ3) is 5.57. The molecule has 0 saturated carbocycles. The number of likely N-dealkylation sites (N-methyl/N-ethyl adjacent to an activating group) is 1. The minimum atomic E-state index is -0.322. The molecule has 0 aromatic heterocycles. The maximum absolute atomic E-state index is 13.0. The standard InChI is InChI=1S/C28H30N2O5/c1-18-14-21(34-17-22-16-30(3)25-10-5-6-11-26(25)35-22)12-13-23(18)28(32)29-24-9-7-8-20(19(24)2)15-27(31)33-4/h5-14,22H,15-17H2,1-4H3,(H,29,32)/t22-/m0/s1. The summed E-state index contributed by atoms with van der Waals surface area (Å²) in [6, 6.07) is 18.9. The lowest BCUT2D eigenvalue weighted by Crippen LogP contribution is -2.41. The topological polar surface area (TPSA) is 77.1 Å². The molecule has 0 saturated heterocycles. The minimum absolute atomic E-state index is 0.0987. The van der Waals surface area contributed by atoms with Gasteiger partial charge in [-0.15, -0.1) is 0 Å². The third-order valence-corrected chi connectivity index (χ3v) is 6.18. The van der Waals surface area contributed by atoms with Crippen LogP contribution in [0.5, 0.6) is 11.5 Å². The Labute approximate surface area is 205 Å². The van der Waals surface area contributed by atoms with Gasteiger partial charge >= 0.3 is 5.97 Å². The van der Waals surface area contributed by atoms with Gasteiger partial charge in [-0.1, -0.05) is 24.3 Å². The molecule has 1 N–H and O–H groups in total. The van der Waals surface area contributed by atoms with Gasteiger partial charge in [0, 0.05) is 18.3 Å². The fraction of sp³-hybridized carbons (Fsp3) is 0.286. The number of fused-ring (bicyclic) bond motifs is 1. The van der Waals surface area contributed by atoms with Crippen LogP contribution in [0.2, 0.25) is 0 Å². The second-order valence-electron chi connectivity index (χ2n) is 8.67. The van der Waals surface area contributed by atoms with E-state index in [2.05, 4.69) is 10.2 Å². The van der Waals surface area contributed by atoms with Crippen LogP contribution in [-0.2, 0) is 16.0 Å². The van der Waals surface area contributed by atoms with E-state index >= 15 is 0 Å². The fourth-order valence-corrected chi connectivity index (χ4v) is 4.18. The number of rotatable bonds is 7. The molecule has 7 heteroatoms. The predicted octanol–water partition coefficient (Wildman–Crippen LogP) is 4.55. The average Bonchev–Trinajstić information content (AvgIpc) is 2.85. The molecule has 182 valence electrons. The van der Waals surface area contributed by atoms with E-state index < -0.39 is 0 Å². The largest absolute Gasteiger partial charge is 0.490 e. The lowest BCUT2D eigenvalue weighted by atomic mass is 10.0. The van der Waals surface area contributed by atoms with E-state index in [1.165, 1.54) is 7.11 Å². The summed E-state index contributed by atoms with van der Waals surface area (Å²) in [5, 5.41) is 2.96. The first-order valence-electron chi connectivity index (χ1n) is 11.5. The summed E-state index contributed by atoms with van der Waals surface area (Å²) >= 11 is 0. The molecule has 1 heterocycles. The van der Waals surface area contributed by atoms with Crippen LogP contribution in [0.3, 0.4) is 0 Å². The average molecular weight is 475 g/mol. The number of anilines is 2. The minimum Gasteiger partial charge on any atom is -0.490 e. The summed E-state index contributed by atoms with van der Waals surface area (Å²) in [6.07, 6.45) is 0.0573. The number of carbonyl (C=O) groups excluding carboxylic acids is 2. The summed E-state index contributed by atoms with van der Waals surface area (Å²) in [4.78, 5) is 26.8. The van der Waals surface area contributed by atoms with Crippen LogP contribution in [0.4, 0.5) is 11.4 Å². The van der Waals surface area contributed by atoms with Crippen LogP contribution in [-0.4, -0.2) is 45.3 Å². The molecule has 35 heavy (non-hydrogen) atoms.